The van der Waals surface area contributed by atoms with Gasteiger partial charge in [-0.15, -0.1) is 0 Å². The van der Waals surface area contributed by atoms with Crippen molar-refractivity contribution in [3.63, 3.8) is 0 Å². The first-order chi connectivity index (χ1) is 27.9. The minimum atomic E-state index is 0.0272. The van der Waals surface area contributed by atoms with Crippen LogP contribution in [-0.4, -0.2) is 60.6 Å². The number of nitrogens with zero attached hydrogens (tertiary/aromatic N) is 2. The van der Waals surface area contributed by atoms with Crippen molar-refractivity contribution in [1.29, 1.82) is 0 Å². The Morgan fingerprint density at radius 1 is 0.579 bits per heavy atom. The van der Waals surface area contributed by atoms with Crippen molar-refractivity contribution in [3.8, 4) is 0 Å². The Bertz CT molecular complexity index is 935. The summed E-state index contributed by atoms with van der Waals surface area (Å²) in [7, 11) is 0. The SMILES string of the molecule is C=C(CCCCCCCN(CCCCCCCC(=O)OC(CCCCCCCC)CCCCCCCC)CCCN1C(=C)CCC1=O)OCCCCCCCCC. The molecule has 0 aromatic rings. The topological polar surface area (TPSA) is 59.1 Å². The summed E-state index contributed by atoms with van der Waals surface area (Å²) >= 11 is 0. The molecule has 0 N–H and O–H groups in total. The van der Waals surface area contributed by atoms with Gasteiger partial charge in [0, 0.05) is 31.5 Å². The van der Waals surface area contributed by atoms with E-state index in [2.05, 4.69) is 38.8 Å². The number of hydrogen-bond acceptors (Lipinski definition) is 5. The number of esters is 1. The van der Waals surface area contributed by atoms with Crippen LogP contribution in [0.15, 0.2) is 24.6 Å². The summed E-state index contributed by atoms with van der Waals surface area (Å²) in [6.45, 7) is 20.0. The number of carbonyl (C=O) groups is 2. The van der Waals surface area contributed by atoms with E-state index in [0.29, 0.717) is 12.8 Å². The molecule has 1 fully saturated rings. The van der Waals surface area contributed by atoms with E-state index in [1.807, 2.05) is 4.90 Å². The van der Waals surface area contributed by atoms with Crippen molar-refractivity contribution in [3.05, 3.63) is 24.6 Å². The number of ether oxygens (including phenoxy) is 2. The smallest absolute Gasteiger partial charge is 0.306 e. The van der Waals surface area contributed by atoms with E-state index in [0.717, 1.165) is 95.6 Å². The van der Waals surface area contributed by atoms with Crippen molar-refractivity contribution in [2.45, 2.75) is 258 Å². The third kappa shape index (κ3) is 32.7. The summed E-state index contributed by atoms with van der Waals surface area (Å²) < 4.78 is 12.0. The number of rotatable bonds is 44. The molecule has 1 aliphatic rings. The lowest BCUT2D eigenvalue weighted by Gasteiger charge is -2.24. The highest BCUT2D eigenvalue weighted by atomic mass is 16.5. The van der Waals surface area contributed by atoms with Gasteiger partial charge in [0.25, 0.3) is 0 Å². The van der Waals surface area contributed by atoms with E-state index in [9.17, 15) is 9.59 Å². The van der Waals surface area contributed by atoms with Gasteiger partial charge >= 0.3 is 5.97 Å². The van der Waals surface area contributed by atoms with E-state index >= 15 is 0 Å². The lowest BCUT2D eigenvalue weighted by atomic mass is 10.0. The molecule has 0 spiro atoms. The summed E-state index contributed by atoms with van der Waals surface area (Å²) in [5, 5.41) is 0. The predicted octanol–water partition coefficient (Wildman–Crippen LogP) is 15.2. The summed E-state index contributed by atoms with van der Waals surface area (Å²) in [6.07, 6.45) is 42.6. The Hall–Kier alpha value is -1.82. The third-order valence-corrected chi connectivity index (χ3v) is 12.1. The van der Waals surface area contributed by atoms with Crippen LogP contribution in [0.3, 0.4) is 0 Å². The number of carbonyl (C=O) groups excluding carboxylic acids is 2. The molecule has 6 heteroatoms. The molecule has 1 saturated heterocycles. The van der Waals surface area contributed by atoms with Crippen LogP contribution < -0.4 is 0 Å². The standard InChI is InChI=1S/C51H96N2O4/c1-6-9-12-15-18-27-34-46-56-48(5)36-28-21-19-25-32-42-52(44-35-45-53-47(4)40-41-50(53)54)43-33-26-20-24-31-39-51(55)57-49(37-29-22-16-13-10-7-2)38-30-23-17-14-11-8-3/h49H,4-46H2,1-3H3. The van der Waals surface area contributed by atoms with E-state index in [-0.39, 0.29) is 18.0 Å². The average molecular weight is 801 g/mol. The van der Waals surface area contributed by atoms with Crippen LogP contribution in [0.1, 0.15) is 252 Å². The molecule has 0 aromatic carbocycles. The fraction of sp³-hybridized carbons (Fsp3) is 0.882. The van der Waals surface area contributed by atoms with Crippen molar-refractivity contribution >= 4 is 11.9 Å². The molecule has 1 rings (SSSR count). The highest BCUT2D eigenvalue weighted by molar-refractivity contribution is 5.81. The van der Waals surface area contributed by atoms with Gasteiger partial charge in [-0.3, -0.25) is 9.59 Å². The number of amides is 1. The molecule has 0 aliphatic carbocycles. The summed E-state index contributed by atoms with van der Waals surface area (Å²) in [4.78, 5) is 29.7. The Kier molecular flexibility index (Phi) is 37.0. The molecule has 1 aliphatic heterocycles. The van der Waals surface area contributed by atoms with Crippen LogP contribution in [0.2, 0.25) is 0 Å². The normalized spacial score (nSPS) is 13.1. The van der Waals surface area contributed by atoms with Crippen molar-refractivity contribution < 1.29 is 19.1 Å². The first-order valence-corrected chi connectivity index (χ1v) is 25.1. The zero-order chi connectivity index (χ0) is 41.4. The number of hydrogen-bond donors (Lipinski definition) is 0. The van der Waals surface area contributed by atoms with Crippen LogP contribution in [0.25, 0.3) is 0 Å². The first-order valence-electron chi connectivity index (χ1n) is 25.1. The molecular weight excluding hydrogens is 705 g/mol. The minimum Gasteiger partial charge on any atom is -0.499 e. The van der Waals surface area contributed by atoms with Gasteiger partial charge < -0.3 is 19.3 Å². The van der Waals surface area contributed by atoms with E-state index < -0.39 is 0 Å². The third-order valence-electron chi connectivity index (χ3n) is 12.1. The maximum atomic E-state index is 12.9. The first kappa shape index (κ1) is 53.2. The van der Waals surface area contributed by atoms with E-state index in [1.54, 1.807) is 0 Å². The molecule has 1 amide bonds. The highest BCUT2D eigenvalue weighted by Gasteiger charge is 2.23. The largest absolute Gasteiger partial charge is 0.499 e. The maximum Gasteiger partial charge on any atom is 0.306 e. The van der Waals surface area contributed by atoms with E-state index in [4.69, 9.17) is 9.47 Å². The fourth-order valence-corrected chi connectivity index (χ4v) is 8.25. The number of allylic oxidation sites excluding steroid dienone is 2. The molecule has 0 atom stereocenters. The fourth-order valence-electron chi connectivity index (χ4n) is 8.25. The predicted molar refractivity (Wildman–Crippen MR) is 245 cm³/mol. The summed E-state index contributed by atoms with van der Waals surface area (Å²) in [5.41, 5.74) is 0.993. The zero-order valence-electron chi connectivity index (χ0n) is 38.5. The van der Waals surface area contributed by atoms with Gasteiger partial charge in [0.05, 0.1) is 12.4 Å². The molecule has 0 radical (unpaired) electrons. The van der Waals surface area contributed by atoms with Crippen LogP contribution in [0, 0.1) is 0 Å². The van der Waals surface area contributed by atoms with Gasteiger partial charge in [-0.1, -0.05) is 175 Å². The van der Waals surface area contributed by atoms with Gasteiger partial charge in [0.2, 0.25) is 5.91 Å². The summed E-state index contributed by atoms with van der Waals surface area (Å²) in [5.74, 6) is 1.24. The summed E-state index contributed by atoms with van der Waals surface area (Å²) in [6, 6.07) is 0. The van der Waals surface area contributed by atoms with Crippen molar-refractivity contribution in [2.75, 3.05) is 32.8 Å². The van der Waals surface area contributed by atoms with Crippen molar-refractivity contribution in [1.82, 2.24) is 9.80 Å². The molecular formula is C51H96N2O4. The lowest BCUT2D eigenvalue weighted by molar-refractivity contribution is -0.150. The molecule has 6 nitrogen and oxygen atoms in total. The molecule has 0 unspecified atom stereocenters. The minimum absolute atomic E-state index is 0.0272. The number of likely N-dealkylation sites (tertiary alicyclic amines) is 1. The number of unbranched alkanes of at least 4 members (excludes halogenated alkanes) is 24. The van der Waals surface area contributed by atoms with Gasteiger partial charge in [-0.25, -0.2) is 0 Å². The average Bonchev–Trinajstić information content (AvgIpc) is 3.52. The van der Waals surface area contributed by atoms with Gasteiger partial charge in [0.1, 0.15) is 6.10 Å². The Morgan fingerprint density at radius 3 is 1.53 bits per heavy atom. The van der Waals surface area contributed by atoms with Gasteiger partial charge in [-0.05, 0) is 90.3 Å². The van der Waals surface area contributed by atoms with Crippen LogP contribution in [0.4, 0.5) is 0 Å². The van der Waals surface area contributed by atoms with Crippen molar-refractivity contribution in [2.24, 2.45) is 0 Å². The van der Waals surface area contributed by atoms with Crippen LogP contribution in [-0.2, 0) is 19.1 Å². The monoisotopic (exact) mass is 801 g/mol. The second kappa shape index (κ2) is 39.6. The molecule has 0 saturated carbocycles. The maximum absolute atomic E-state index is 12.9. The van der Waals surface area contributed by atoms with Crippen LogP contribution >= 0.6 is 0 Å². The molecule has 0 aromatic heterocycles. The molecule has 1 heterocycles. The Morgan fingerprint density at radius 2 is 1.02 bits per heavy atom. The molecule has 57 heavy (non-hydrogen) atoms. The lowest BCUT2D eigenvalue weighted by Crippen LogP contribution is -2.31. The quantitative estimate of drug-likeness (QED) is 0.0349. The van der Waals surface area contributed by atoms with Gasteiger partial charge in [0.15, 0.2) is 0 Å². The van der Waals surface area contributed by atoms with E-state index in [1.165, 1.54) is 167 Å². The molecule has 0 bridgehead atoms. The Balaban J connectivity index is 2.31. The molecule has 334 valence electrons. The second-order valence-corrected chi connectivity index (χ2v) is 17.6. The second-order valence-electron chi connectivity index (χ2n) is 17.6. The Labute approximate surface area is 355 Å². The van der Waals surface area contributed by atoms with Gasteiger partial charge in [-0.2, -0.15) is 0 Å². The zero-order valence-corrected chi connectivity index (χ0v) is 38.5. The highest BCUT2D eigenvalue weighted by Crippen LogP contribution is 2.22. The van der Waals surface area contributed by atoms with Crippen LogP contribution in [0.5, 0.6) is 0 Å².